The summed E-state index contributed by atoms with van der Waals surface area (Å²) in [5, 5.41) is 0. The maximum absolute atomic E-state index is 6.06. The van der Waals surface area contributed by atoms with E-state index in [-0.39, 0.29) is 0 Å². The van der Waals surface area contributed by atoms with Gasteiger partial charge in [0.1, 0.15) is 11.5 Å². The third-order valence-corrected chi connectivity index (χ3v) is 3.77. The molecule has 0 N–H and O–H groups in total. The van der Waals surface area contributed by atoms with E-state index >= 15 is 0 Å². The van der Waals surface area contributed by atoms with Crippen molar-refractivity contribution in [1.82, 2.24) is 0 Å². The molecule has 2 aromatic carbocycles. The van der Waals surface area contributed by atoms with Crippen molar-refractivity contribution in [2.45, 2.75) is 20.7 Å². The fourth-order valence-electron chi connectivity index (χ4n) is 2.50. The normalized spacial score (nSPS) is 12.8. The predicted molar refractivity (Wildman–Crippen MR) is 73.3 cm³/mol. The summed E-state index contributed by atoms with van der Waals surface area (Å²) < 4.78 is 6.06. The van der Waals surface area contributed by atoms with Gasteiger partial charge in [0.2, 0.25) is 6.71 Å². The largest absolute Gasteiger partial charge is 0.458 e. The molecule has 0 bridgehead atoms. The molecule has 1 nitrogen and oxygen atoms in total. The summed E-state index contributed by atoms with van der Waals surface area (Å²) in [6, 6.07) is 12.7. The van der Waals surface area contributed by atoms with Gasteiger partial charge in [-0.25, -0.2) is 0 Å². The van der Waals surface area contributed by atoms with Crippen LogP contribution in [0.15, 0.2) is 36.4 Å². The van der Waals surface area contributed by atoms with Gasteiger partial charge in [-0.15, -0.1) is 0 Å². The van der Waals surface area contributed by atoms with E-state index in [4.69, 9.17) is 4.74 Å². The second kappa shape index (κ2) is 3.66. The summed E-state index contributed by atoms with van der Waals surface area (Å²) in [4.78, 5) is 0. The van der Waals surface area contributed by atoms with Crippen LogP contribution in [0.5, 0.6) is 11.5 Å². The number of fused-ring (bicyclic) bond motifs is 2. The van der Waals surface area contributed by atoms with E-state index in [0.29, 0.717) is 6.71 Å². The van der Waals surface area contributed by atoms with Gasteiger partial charge < -0.3 is 4.74 Å². The highest BCUT2D eigenvalue weighted by Crippen LogP contribution is 2.28. The fourth-order valence-corrected chi connectivity index (χ4v) is 2.50. The molecular formula is C15H15BO. The molecule has 1 heterocycles. The van der Waals surface area contributed by atoms with Crippen molar-refractivity contribution in [3.63, 3.8) is 0 Å². The van der Waals surface area contributed by atoms with Crippen LogP contribution in [0, 0.1) is 13.8 Å². The van der Waals surface area contributed by atoms with E-state index < -0.39 is 0 Å². The first-order chi connectivity index (χ1) is 8.18. The average Bonchev–Trinajstić information content (AvgIpc) is 2.35. The molecule has 0 radical (unpaired) electrons. The summed E-state index contributed by atoms with van der Waals surface area (Å²) in [5.41, 5.74) is 5.12. The minimum atomic E-state index is 0.411. The summed E-state index contributed by atoms with van der Waals surface area (Å²) in [6.45, 7) is 6.92. The molecule has 0 amide bonds. The lowest BCUT2D eigenvalue weighted by molar-refractivity contribution is 0.483. The van der Waals surface area contributed by atoms with Crippen LogP contribution < -0.4 is 15.7 Å². The van der Waals surface area contributed by atoms with Crippen LogP contribution in [0.25, 0.3) is 0 Å². The fraction of sp³-hybridized carbons (Fsp3) is 0.200. The van der Waals surface area contributed by atoms with Crippen LogP contribution in [0.1, 0.15) is 11.1 Å². The maximum Gasteiger partial charge on any atom is 0.216 e. The van der Waals surface area contributed by atoms with E-state index in [0.717, 1.165) is 11.5 Å². The molecule has 0 aromatic heterocycles. The van der Waals surface area contributed by atoms with E-state index in [1.54, 1.807) is 0 Å². The molecule has 0 atom stereocenters. The van der Waals surface area contributed by atoms with Crippen LogP contribution in [0.3, 0.4) is 0 Å². The molecule has 0 saturated heterocycles. The molecule has 84 valence electrons. The van der Waals surface area contributed by atoms with Crippen molar-refractivity contribution in [3.05, 3.63) is 47.5 Å². The van der Waals surface area contributed by atoms with Crippen LogP contribution in [-0.4, -0.2) is 6.71 Å². The highest BCUT2D eigenvalue weighted by atomic mass is 16.5. The smallest absolute Gasteiger partial charge is 0.216 e. The van der Waals surface area contributed by atoms with Crippen LogP contribution in [0.4, 0.5) is 0 Å². The van der Waals surface area contributed by atoms with Crippen molar-refractivity contribution >= 4 is 17.6 Å². The predicted octanol–water partition coefficient (Wildman–Crippen LogP) is 2.65. The Balaban J connectivity index is 2.23. The van der Waals surface area contributed by atoms with E-state index in [1.165, 1.54) is 22.1 Å². The standard InChI is InChI=1S/C15H15BO/c1-10-8-9-13-15(11(10)2)17-14-7-5-4-6-12(14)16(13)3/h4-9H,1-3H3. The molecule has 0 unspecified atom stereocenters. The highest BCUT2D eigenvalue weighted by molar-refractivity contribution is 6.85. The molecule has 1 aliphatic heterocycles. The molecular weight excluding hydrogens is 207 g/mol. The van der Waals surface area contributed by atoms with E-state index in [1.807, 2.05) is 6.07 Å². The Labute approximate surface area is 103 Å². The third kappa shape index (κ3) is 1.48. The molecule has 1 aliphatic rings. The van der Waals surface area contributed by atoms with Gasteiger partial charge in [0.25, 0.3) is 0 Å². The lowest BCUT2D eigenvalue weighted by Gasteiger charge is -2.26. The summed E-state index contributed by atoms with van der Waals surface area (Å²) in [5.74, 6) is 2.05. The molecule has 0 aliphatic carbocycles. The van der Waals surface area contributed by atoms with Gasteiger partial charge in [-0.05, 0) is 42.0 Å². The first-order valence-electron chi connectivity index (χ1n) is 6.05. The lowest BCUT2D eigenvalue weighted by Crippen LogP contribution is -2.44. The Morgan fingerprint density at radius 2 is 1.71 bits per heavy atom. The molecule has 2 aromatic rings. The molecule has 0 fully saturated rings. The second-order valence-electron chi connectivity index (χ2n) is 4.79. The minimum absolute atomic E-state index is 0.411. The van der Waals surface area contributed by atoms with Gasteiger partial charge in [-0.1, -0.05) is 37.2 Å². The summed E-state index contributed by atoms with van der Waals surface area (Å²) >= 11 is 0. The average molecular weight is 222 g/mol. The second-order valence-corrected chi connectivity index (χ2v) is 4.79. The number of para-hydroxylation sites is 1. The van der Waals surface area contributed by atoms with Gasteiger partial charge in [0.15, 0.2) is 0 Å². The zero-order chi connectivity index (χ0) is 12.0. The number of aryl methyl sites for hydroxylation is 1. The van der Waals surface area contributed by atoms with Gasteiger partial charge in [0.05, 0.1) is 0 Å². The molecule has 0 spiro atoms. The Morgan fingerprint density at radius 1 is 0.941 bits per heavy atom. The quantitative estimate of drug-likeness (QED) is 0.622. The number of benzene rings is 2. The van der Waals surface area contributed by atoms with Crippen molar-refractivity contribution in [2.75, 3.05) is 0 Å². The zero-order valence-electron chi connectivity index (χ0n) is 10.4. The van der Waals surface area contributed by atoms with Crippen molar-refractivity contribution in [1.29, 1.82) is 0 Å². The van der Waals surface area contributed by atoms with Crippen molar-refractivity contribution < 1.29 is 4.74 Å². The third-order valence-electron chi connectivity index (χ3n) is 3.77. The SMILES string of the molecule is CB1c2ccccc2Oc2c1ccc(C)c2C. The number of hydrogen-bond donors (Lipinski definition) is 0. The number of hydrogen-bond acceptors (Lipinski definition) is 1. The Morgan fingerprint density at radius 3 is 2.53 bits per heavy atom. The summed E-state index contributed by atoms with van der Waals surface area (Å²) in [6.07, 6.45) is 0. The van der Waals surface area contributed by atoms with Crippen LogP contribution in [-0.2, 0) is 0 Å². The first kappa shape index (κ1) is 10.5. The van der Waals surface area contributed by atoms with E-state index in [9.17, 15) is 0 Å². The zero-order valence-corrected chi connectivity index (χ0v) is 10.4. The Hall–Kier alpha value is -1.70. The molecule has 3 rings (SSSR count). The van der Waals surface area contributed by atoms with E-state index in [2.05, 4.69) is 51.0 Å². The summed E-state index contributed by atoms with van der Waals surface area (Å²) in [7, 11) is 0. The topological polar surface area (TPSA) is 9.23 Å². The Bertz CT molecular complexity index is 589. The van der Waals surface area contributed by atoms with Crippen molar-refractivity contribution in [3.8, 4) is 11.5 Å². The molecule has 2 heteroatoms. The number of ether oxygens (including phenoxy) is 1. The molecule has 17 heavy (non-hydrogen) atoms. The Kier molecular flexibility index (Phi) is 2.25. The van der Waals surface area contributed by atoms with Crippen molar-refractivity contribution in [2.24, 2.45) is 0 Å². The van der Waals surface area contributed by atoms with Crippen LogP contribution >= 0.6 is 0 Å². The van der Waals surface area contributed by atoms with Crippen LogP contribution in [0.2, 0.25) is 6.82 Å². The maximum atomic E-state index is 6.06. The first-order valence-corrected chi connectivity index (χ1v) is 6.05. The monoisotopic (exact) mass is 222 g/mol. The molecule has 0 saturated carbocycles. The highest BCUT2D eigenvalue weighted by Gasteiger charge is 2.27. The minimum Gasteiger partial charge on any atom is -0.458 e. The van der Waals surface area contributed by atoms with Gasteiger partial charge in [0, 0.05) is 0 Å². The van der Waals surface area contributed by atoms with Gasteiger partial charge >= 0.3 is 0 Å². The van der Waals surface area contributed by atoms with Gasteiger partial charge in [-0.3, -0.25) is 0 Å². The van der Waals surface area contributed by atoms with Gasteiger partial charge in [-0.2, -0.15) is 0 Å². The number of rotatable bonds is 0. The lowest BCUT2D eigenvalue weighted by atomic mass is 9.41.